The average molecular weight is 365 g/mol. The number of ether oxygens (including phenoxy) is 1. The lowest BCUT2D eigenvalue weighted by Gasteiger charge is -2.19. The van der Waals surface area contributed by atoms with Crippen molar-refractivity contribution in [1.82, 2.24) is 19.5 Å². The number of nitrogens with one attached hydrogen (secondary N) is 1. The molecule has 3 N–H and O–H groups in total. The molecular formula is C16H23N5O3S. The second-order valence-corrected chi connectivity index (χ2v) is 7.93. The molecule has 0 aliphatic heterocycles. The number of rotatable bonds is 7. The van der Waals surface area contributed by atoms with E-state index >= 15 is 0 Å². The molecule has 1 aromatic heterocycles. The minimum Gasteiger partial charge on any atom is -0.486 e. The van der Waals surface area contributed by atoms with Crippen LogP contribution in [-0.4, -0.2) is 35.8 Å². The maximum Gasteiger partial charge on any atom is 0.240 e. The number of aromatic nitrogens is 3. The van der Waals surface area contributed by atoms with Crippen LogP contribution in [0.25, 0.3) is 0 Å². The third-order valence-electron chi connectivity index (χ3n) is 4.58. The molecule has 2 aromatic rings. The fourth-order valence-corrected chi connectivity index (χ4v) is 4.39. The quantitative estimate of drug-likeness (QED) is 0.750. The molecule has 1 saturated carbocycles. The molecule has 25 heavy (non-hydrogen) atoms. The van der Waals surface area contributed by atoms with E-state index in [9.17, 15) is 8.42 Å². The normalized spacial score (nSPS) is 20.7. The minimum atomic E-state index is -3.56. The molecule has 2 atom stereocenters. The van der Waals surface area contributed by atoms with Gasteiger partial charge >= 0.3 is 0 Å². The maximum atomic E-state index is 12.5. The Bertz CT molecular complexity index is 803. The summed E-state index contributed by atoms with van der Waals surface area (Å²) in [5.41, 5.74) is 5.72. The van der Waals surface area contributed by atoms with Gasteiger partial charge in [0.25, 0.3) is 0 Å². The van der Waals surface area contributed by atoms with E-state index in [1.54, 1.807) is 36.0 Å². The summed E-state index contributed by atoms with van der Waals surface area (Å²) in [6.45, 7) is 0.767. The smallest absolute Gasteiger partial charge is 0.240 e. The summed E-state index contributed by atoms with van der Waals surface area (Å²) in [4.78, 5) is 4.29. The third-order valence-corrected chi connectivity index (χ3v) is 6.08. The molecule has 1 aliphatic carbocycles. The lowest BCUT2D eigenvalue weighted by molar-refractivity contribution is 0.289. The van der Waals surface area contributed by atoms with E-state index in [1.807, 2.05) is 0 Å². The summed E-state index contributed by atoms with van der Waals surface area (Å²) in [5.74, 6) is 1.47. The van der Waals surface area contributed by atoms with E-state index in [1.165, 1.54) is 6.33 Å². The molecular weight excluding hydrogens is 342 g/mol. The highest BCUT2D eigenvalue weighted by Gasteiger charge is 2.30. The third kappa shape index (κ3) is 4.17. The van der Waals surface area contributed by atoms with Crippen LogP contribution in [0.4, 0.5) is 0 Å². The van der Waals surface area contributed by atoms with Crippen LogP contribution in [0.15, 0.2) is 35.5 Å². The number of hydrogen-bond acceptors (Lipinski definition) is 6. The van der Waals surface area contributed by atoms with Crippen molar-refractivity contribution in [1.29, 1.82) is 0 Å². The van der Waals surface area contributed by atoms with Crippen molar-refractivity contribution < 1.29 is 13.2 Å². The van der Waals surface area contributed by atoms with Crippen molar-refractivity contribution >= 4 is 10.0 Å². The van der Waals surface area contributed by atoms with Gasteiger partial charge in [-0.1, -0.05) is 6.42 Å². The van der Waals surface area contributed by atoms with Crippen LogP contribution >= 0.6 is 0 Å². The summed E-state index contributed by atoms with van der Waals surface area (Å²) in [5, 5.41) is 3.97. The van der Waals surface area contributed by atoms with Crippen molar-refractivity contribution in [2.45, 2.75) is 36.8 Å². The summed E-state index contributed by atoms with van der Waals surface area (Å²) >= 11 is 0. The van der Waals surface area contributed by atoms with E-state index < -0.39 is 10.0 Å². The van der Waals surface area contributed by atoms with Crippen LogP contribution < -0.4 is 15.2 Å². The van der Waals surface area contributed by atoms with Gasteiger partial charge in [0.15, 0.2) is 5.82 Å². The van der Waals surface area contributed by atoms with Crippen molar-refractivity contribution in [2.75, 3.05) is 6.54 Å². The minimum absolute atomic E-state index is 0.0816. The number of sulfonamides is 1. The Kier molecular flexibility index (Phi) is 5.36. The van der Waals surface area contributed by atoms with Gasteiger partial charge in [0, 0.05) is 13.1 Å². The summed E-state index contributed by atoms with van der Waals surface area (Å²) in [6, 6.07) is 6.28. The zero-order valence-corrected chi connectivity index (χ0v) is 14.9. The maximum absolute atomic E-state index is 12.5. The van der Waals surface area contributed by atoms with E-state index in [0.717, 1.165) is 19.3 Å². The molecule has 1 fully saturated rings. The predicted molar refractivity (Wildman–Crippen MR) is 92.3 cm³/mol. The Morgan fingerprint density at radius 3 is 2.72 bits per heavy atom. The van der Waals surface area contributed by atoms with Gasteiger partial charge < -0.3 is 10.5 Å². The molecule has 1 aromatic carbocycles. The lowest BCUT2D eigenvalue weighted by Crippen LogP contribution is -2.39. The zero-order valence-electron chi connectivity index (χ0n) is 14.1. The van der Waals surface area contributed by atoms with Crippen molar-refractivity contribution in [3.05, 3.63) is 36.4 Å². The Morgan fingerprint density at radius 1 is 1.32 bits per heavy atom. The Balaban J connectivity index is 1.63. The highest BCUT2D eigenvalue weighted by atomic mass is 32.2. The van der Waals surface area contributed by atoms with Crippen LogP contribution in [-0.2, 0) is 23.7 Å². The van der Waals surface area contributed by atoms with Gasteiger partial charge in [-0.2, -0.15) is 5.10 Å². The van der Waals surface area contributed by atoms with E-state index in [0.29, 0.717) is 18.1 Å². The van der Waals surface area contributed by atoms with E-state index in [2.05, 4.69) is 14.8 Å². The van der Waals surface area contributed by atoms with Crippen LogP contribution in [0, 0.1) is 5.92 Å². The van der Waals surface area contributed by atoms with Gasteiger partial charge in [-0.3, -0.25) is 4.68 Å². The Morgan fingerprint density at radius 2 is 2.08 bits per heavy atom. The molecule has 0 unspecified atom stereocenters. The van der Waals surface area contributed by atoms with Crippen molar-refractivity contribution in [3.8, 4) is 5.75 Å². The van der Waals surface area contributed by atoms with Crippen LogP contribution in [0.1, 0.15) is 25.1 Å². The zero-order chi connectivity index (χ0) is 17.9. The molecule has 136 valence electrons. The molecule has 0 spiro atoms. The first kappa shape index (κ1) is 17.8. The van der Waals surface area contributed by atoms with Crippen LogP contribution in [0.2, 0.25) is 0 Å². The first-order chi connectivity index (χ1) is 12.0. The van der Waals surface area contributed by atoms with Gasteiger partial charge in [-0.25, -0.2) is 18.1 Å². The molecule has 0 amide bonds. The lowest BCUT2D eigenvalue weighted by atomic mass is 10.1. The number of aryl methyl sites for hydroxylation is 1. The van der Waals surface area contributed by atoms with Gasteiger partial charge in [0.05, 0.1) is 4.90 Å². The largest absolute Gasteiger partial charge is 0.486 e. The molecule has 3 rings (SSSR count). The number of benzene rings is 1. The number of nitrogens with zero attached hydrogens (tertiary/aromatic N) is 3. The topological polar surface area (TPSA) is 112 Å². The monoisotopic (exact) mass is 365 g/mol. The first-order valence-electron chi connectivity index (χ1n) is 8.28. The second kappa shape index (κ2) is 7.51. The predicted octanol–water partition coefficient (Wildman–Crippen LogP) is 0.800. The average Bonchev–Trinajstić information content (AvgIpc) is 3.21. The Labute approximate surface area is 147 Å². The summed E-state index contributed by atoms with van der Waals surface area (Å²) < 4.78 is 35.1. The Hall–Kier alpha value is -1.97. The summed E-state index contributed by atoms with van der Waals surface area (Å²) in [6.07, 6.45) is 4.26. The van der Waals surface area contributed by atoms with Gasteiger partial charge in [0.2, 0.25) is 10.0 Å². The van der Waals surface area contributed by atoms with Gasteiger partial charge in [0.1, 0.15) is 18.7 Å². The van der Waals surface area contributed by atoms with Crippen molar-refractivity contribution in [3.63, 3.8) is 0 Å². The molecule has 0 saturated heterocycles. The standard InChI is InChI=1S/C16H23N5O3S/c1-21-16(18-11-19-21)10-24-13-5-7-14(8-6-13)25(22,23)20-15-4-2-3-12(15)9-17/h5-8,11-12,15,20H,2-4,9-10,17H2,1H3/t12-,15+/m0/s1. The first-order valence-corrected chi connectivity index (χ1v) is 9.76. The molecule has 1 aliphatic rings. The highest BCUT2D eigenvalue weighted by Crippen LogP contribution is 2.26. The van der Waals surface area contributed by atoms with Crippen LogP contribution in [0.5, 0.6) is 5.75 Å². The molecule has 9 heteroatoms. The molecule has 0 radical (unpaired) electrons. The van der Waals surface area contributed by atoms with E-state index in [4.69, 9.17) is 10.5 Å². The fraction of sp³-hybridized carbons (Fsp3) is 0.500. The molecule has 1 heterocycles. The fourth-order valence-electron chi connectivity index (χ4n) is 3.06. The van der Waals surface area contributed by atoms with Crippen LogP contribution in [0.3, 0.4) is 0 Å². The number of hydrogen-bond donors (Lipinski definition) is 2. The number of nitrogens with two attached hydrogens (primary N) is 1. The molecule has 0 bridgehead atoms. The summed E-state index contributed by atoms with van der Waals surface area (Å²) in [7, 11) is -1.77. The van der Waals surface area contributed by atoms with E-state index in [-0.39, 0.29) is 23.5 Å². The highest BCUT2D eigenvalue weighted by molar-refractivity contribution is 7.89. The van der Waals surface area contributed by atoms with Gasteiger partial charge in [-0.15, -0.1) is 0 Å². The van der Waals surface area contributed by atoms with Gasteiger partial charge in [-0.05, 0) is 49.6 Å². The second-order valence-electron chi connectivity index (χ2n) is 6.21. The SMILES string of the molecule is Cn1ncnc1COc1ccc(S(=O)(=O)N[C@@H]2CCC[C@H]2CN)cc1. The van der Waals surface area contributed by atoms with Crippen molar-refractivity contribution in [2.24, 2.45) is 18.7 Å². The molecule has 8 nitrogen and oxygen atoms in total.